The Morgan fingerprint density at radius 2 is 2.17 bits per heavy atom. The fourth-order valence-corrected chi connectivity index (χ4v) is 3.14. The third-order valence-corrected chi connectivity index (χ3v) is 4.56. The molecule has 0 spiro atoms. The number of aliphatic imine (C=N–C) groups is 1. The highest BCUT2D eigenvalue weighted by atomic mass is 15.1. The second-order valence-electron chi connectivity index (χ2n) is 6.39. The predicted octanol–water partition coefficient (Wildman–Crippen LogP) is 2.18. The van der Waals surface area contributed by atoms with Gasteiger partial charge in [0.05, 0.1) is 0 Å². The molecule has 0 atom stereocenters. The Labute approximate surface area is 140 Å². The van der Waals surface area contributed by atoms with E-state index in [1.807, 2.05) is 24.4 Å². The molecule has 5 heteroatoms. The van der Waals surface area contributed by atoms with Crippen LogP contribution in [0.1, 0.15) is 44.2 Å². The SMILES string of the molecule is CN(CCCN=C(N)NCCc1ccccn1)C1CCCCC1. The molecule has 1 aliphatic carbocycles. The number of guanidine groups is 1. The zero-order valence-electron chi connectivity index (χ0n) is 14.4. The van der Waals surface area contributed by atoms with Gasteiger partial charge < -0.3 is 16.0 Å². The van der Waals surface area contributed by atoms with Crippen molar-refractivity contribution in [1.29, 1.82) is 0 Å². The topological polar surface area (TPSA) is 66.5 Å². The van der Waals surface area contributed by atoms with Crippen molar-refractivity contribution >= 4 is 5.96 Å². The Hall–Kier alpha value is -1.62. The van der Waals surface area contributed by atoms with Crippen LogP contribution in [0.3, 0.4) is 0 Å². The molecular formula is C18H31N5. The number of hydrogen-bond donors (Lipinski definition) is 2. The van der Waals surface area contributed by atoms with Crippen molar-refractivity contribution in [2.45, 2.75) is 51.0 Å². The van der Waals surface area contributed by atoms with E-state index in [0.717, 1.165) is 44.2 Å². The second-order valence-corrected chi connectivity index (χ2v) is 6.39. The van der Waals surface area contributed by atoms with Crippen LogP contribution in [-0.4, -0.2) is 48.6 Å². The van der Waals surface area contributed by atoms with Gasteiger partial charge in [-0.2, -0.15) is 0 Å². The quantitative estimate of drug-likeness (QED) is 0.438. The summed E-state index contributed by atoms with van der Waals surface area (Å²) in [6.07, 6.45) is 10.6. The summed E-state index contributed by atoms with van der Waals surface area (Å²) >= 11 is 0. The molecule has 1 aliphatic rings. The molecule has 128 valence electrons. The van der Waals surface area contributed by atoms with E-state index in [0.29, 0.717) is 5.96 Å². The molecule has 1 aromatic heterocycles. The average molecular weight is 317 g/mol. The number of rotatable bonds is 8. The van der Waals surface area contributed by atoms with Crippen molar-refractivity contribution in [3.05, 3.63) is 30.1 Å². The number of nitrogens with one attached hydrogen (secondary N) is 1. The van der Waals surface area contributed by atoms with Crippen LogP contribution in [0.2, 0.25) is 0 Å². The van der Waals surface area contributed by atoms with Gasteiger partial charge in [-0.15, -0.1) is 0 Å². The zero-order valence-corrected chi connectivity index (χ0v) is 14.4. The lowest BCUT2D eigenvalue weighted by atomic mass is 9.94. The average Bonchev–Trinajstić information content (AvgIpc) is 2.60. The highest BCUT2D eigenvalue weighted by Gasteiger charge is 2.16. The molecule has 0 bridgehead atoms. The van der Waals surface area contributed by atoms with Crippen molar-refractivity contribution in [2.75, 3.05) is 26.7 Å². The summed E-state index contributed by atoms with van der Waals surface area (Å²) in [5, 5.41) is 3.16. The molecule has 0 saturated heterocycles. The maximum Gasteiger partial charge on any atom is 0.188 e. The highest BCUT2D eigenvalue weighted by molar-refractivity contribution is 5.77. The van der Waals surface area contributed by atoms with Gasteiger partial charge in [-0.1, -0.05) is 25.3 Å². The second kappa shape index (κ2) is 10.2. The largest absolute Gasteiger partial charge is 0.370 e. The van der Waals surface area contributed by atoms with E-state index in [9.17, 15) is 0 Å². The summed E-state index contributed by atoms with van der Waals surface area (Å²) in [5.74, 6) is 0.543. The summed E-state index contributed by atoms with van der Waals surface area (Å²) < 4.78 is 0. The van der Waals surface area contributed by atoms with Gasteiger partial charge in [0.25, 0.3) is 0 Å². The summed E-state index contributed by atoms with van der Waals surface area (Å²) in [6.45, 7) is 2.67. The molecule has 23 heavy (non-hydrogen) atoms. The molecule has 1 heterocycles. The van der Waals surface area contributed by atoms with Gasteiger partial charge in [0, 0.05) is 37.4 Å². The molecule has 0 amide bonds. The maximum atomic E-state index is 5.90. The summed E-state index contributed by atoms with van der Waals surface area (Å²) in [6, 6.07) is 6.73. The normalized spacial score (nSPS) is 16.7. The van der Waals surface area contributed by atoms with Crippen LogP contribution in [0, 0.1) is 0 Å². The number of nitrogens with two attached hydrogens (primary N) is 1. The van der Waals surface area contributed by atoms with Crippen molar-refractivity contribution in [2.24, 2.45) is 10.7 Å². The van der Waals surface area contributed by atoms with E-state index < -0.39 is 0 Å². The molecule has 5 nitrogen and oxygen atoms in total. The Morgan fingerprint density at radius 3 is 2.91 bits per heavy atom. The molecule has 3 N–H and O–H groups in total. The number of nitrogens with zero attached hydrogens (tertiary/aromatic N) is 3. The Bertz CT molecular complexity index is 454. The first-order chi connectivity index (χ1) is 11.3. The van der Waals surface area contributed by atoms with E-state index in [-0.39, 0.29) is 0 Å². The van der Waals surface area contributed by atoms with Gasteiger partial charge in [-0.05, 0) is 45.0 Å². The Morgan fingerprint density at radius 1 is 1.35 bits per heavy atom. The first-order valence-electron chi connectivity index (χ1n) is 8.89. The number of pyridine rings is 1. The van der Waals surface area contributed by atoms with E-state index in [1.54, 1.807) is 0 Å². The van der Waals surface area contributed by atoms with E-state index in [2.05, 4.69) is 27.2 Å². The summed E-state index contributed by atoms with van der Waals surface area (Å²) in [4.78, 5) is 11.2. The Kier molecular flexibility index (Phi) is 7.87. The smallest absolute Gasteiger partial charge is 0.188 e. The van der Waals surface area contributed by atoms with Gasteiger partial charge in [-0.3, -0.25) is 9.98 Å². The van der Waals surface area contributed by atoms with Crippen LogP contribution in [0.5, 0.6) is 0 Å². The molecule has 1 saturated carbocycles. The first-order valence-corrected chi connectivity index (χ1v) is 8.89. The third-order valence-electron chi connectivity index (χ3n) is 4.56. The molecule has 0 unspecified atom stereocenters. The molecular weight excluding hydrogens is 286 g/mol. The molecule has 2 rings (SSSR count). The predicted molar refractivity (Wildman–Crippen MR) is 96.6 cm³/mol. The lowest BCUT2D eigenvalue weighted by molar-refractivity contribution is 0.191. The van der Waals surface area contributed by atoms with Gasteiger partial charge in [0.1, 0.15) is 0 Å². The van der Waals surface area contributed by atoms with Gasteiger partial charge >= 0.3 is 0 Å². The molecule has 0 radical (unpaired) electrons. The van der Waals surface area contributed by atoms with Crippen LogP contribution < -0.4 is 11.1 Å². The summed E-state index contributed by atoms with van der Waals surface area (Å²) in [7, 11) is 2.24. The van der Waals surface area contributed by atoms with Crippen LogP contribution in [0.25, 0.3) is 0 Å². The minimum Gasteiger partial charge on any atom is -0.370 e. The van der Waals surface area contributed by atoms with E-state index in [4.69, 9.17) is 5.73 Å². The third kappa shape index (κ3) is 6.99. The molecule has 1 aromatic rings. The fraction of sp³-hybridized carbons (Fsp3) is 0.667. The van der Waals surface area contributed by atoms with Crippen molar-refractivity contribution in [1.82, 2.24) is 15.2 Å². The lowest BCUT2D eigenvalue weighted by Crippen LogP contribution is -2.35. The zero-order chi connectivity index (χ0) is 16.3. The standard InChI is InChI=1S/C18H31N5/c1-23(17-9-3-2-4-10-17)15-7-13-21-18(19)22-14-11-16-8-5-6-12-20-16/h5-6,8,12,17H,2-4,7,9-11,13-15H2,1H3,(H3,19,21,22). The van der Waals surface area contributed by atoms with Crippen LogP contribution in [-0.2, 0) is 6.42 Å². The number of hydrogen-bond acceptors (Lipinski definition) is 3. The van der Waals surface area contributed by atoms with Crippen molar-refractivity contribution < 1.29 is 0 Å². The van der Waals surface area contributed by atoms with Crippen molar-refractivity contribution in [3.8, 4) is 0 Å². The van der Waals surface area contributed by atoms with Crippen LogP contribution in [0.4, 0.5) is 0 Å². The van der Waals surface area contributed by atoms with E-state index in [1.165, 1.54) is 32.1 Å². The molecule has 0 aliphatic heterocycles. The van der Waals surface area contributed by atoms with Gasteiger partial charge in [0.2, 0.25) is 0 Å². The minimum absolute atomic E-state index is 0.543. The summed E-state index contributed by atoms with van der Waals surface area (Å²) in [5.41, 5.74) is 6.97. The van der Waals surface area contributed by atoms with Crippen molar-refractivity contribution in [3.63, 3.8) is 0 Å². The number of aromatic nitrogens is 1. The molecule has 1 fully saturated rings. The van der Waals surface area contributed by atoms with Gasteiger partial charge in [-0.25, -0.2) is 0 Å². The van der Waals surface area contributed by atoms with E-state index >= 15 is 0 Å². The maximum absolute atomic E-state index is 5.90. The monoisotopic (exact) mass is 317 g/mol. The highest BCUT2D eigenvalue weighted by Crippen LogP contribution is 2.21. The first kappa shape index (κ1) is 17.7. The fourth-order valence-electron chi connectivity index (χ4n) is 3.14. The molecule has 0 aromatic carbocycles. The Balaban J connectivity index is 1.55. The van der Waals surface area contributed by atoms with Crippen LogP contribution >= 0.6 is 0 Å². The van der Waals surface area contributed by atoms with Gasteiger partial charge in [0.15, 0.2) is 5.96 Å². The lowest BCUT2D eigenvalue weighted by Gasteiger charge is -2.30. The van der Waals surface area contributed by atoms with Crippen LogP contribution in [0.15, 0.2) is 29.4 Å². The minimum atomic E-state index is 0.543.